The SMILES string of the molecule is CCc1ccc(C(=O)COc2ccc(CC3SC(=O)NC3=O)cc2)nc1.Cl. The molecule has 1 N–H and O–H groups in total. The van der Waals surface area contributed by atoms with Crippen molar-refractivity contribution in [1.29, 1.82) is 0 Å². The zero-order chi connectivity index (χ0) is 18.5. The highest BCUT2D eigenvalue weighted by Crippen LogP contribution is 2.23. The lowest BCUT2D eigenvalue weighted by Gasteiger charge is -2.08. The standard InChI is InChI=1S/C19H18N2O4S.ClH/c1-2-12-5-8-15(20-10-12)16(22)11-25-14-6-3-13(4-7-14)9-17-18(23)21-19(24)26-17;/h3-8,10,17H,2,9,11H2,1H3,(H,21,23,24);1H. The van der Waals surface area contributed by atoms with Gasteiger partial charge in [-0.2, -0.15) is 0 Å². The van der Waals surface area contributed by atoms with Crippen molar-refractivity contribution in [3.8, 4) is 5.75 Å². The lowest BCUT2D eigenvalue weighted by Crippen LogP contribution is -2.25. The van der Waals surface area contributed by atoms with Gasteiger partial charge in [0.25, 0.3) is 5.24 Å². The van der Waals surface area contributed by atoms with Gasteiger partial charge in [0.05, 0.1) is 5.25 Å². The summed E-state index contributed by atoms with van der Waals surface area (Å²) in [5, 5.41) is 1.57. The van der Waals surface area contributed by atoms with E-state index in [0.29, 0.717) is 17.9 Å². The fourth-order valence-electron chi connectivity index (χ4n) is 2.48. The van der Waals surface area contributed by atoms with Crippen molar-refractivity contribution >= 4 is 41.1 Å². The molecular formula is C19H19ClN2O4S. The minimum atomic E-state index is -0.395. The second-order valence-corrected chi connectivity index (χ2v) is 7.02. The number of nitrogens with one attached hydrogen (secondary N) is 1. The Labute approximate surface area is 167 Å². The van der Waals surface area contributed by atoms with Crippen molar-refractivity contribution in [2.24, 2.45) is 0 Å². The van der Waals surface area contributed by atoms with Crippen LogP contribution < -0.4 is 10.1 Å². The van der Waals surface area contributed by atoms with Crippen LogP contribution >= 0.6 is 24.2 Å². The number of imide groups is 1. The minimum Gasteiger partial charge on any atom is -0.485 e. The van der Waals surface area contributed by atoms with Crippen molar-refractivity contribution in [3.05, 3.63) is 59.4 Å². The predicted octanol–water partition coefficient (Wildman–Crippen LogP) is 3.22. The summed E-state index contributed by atoms with van der Waals surface area (Å²) in [4.78, 5) is 39.0. The molecule has 1 aliphatic rings. The zero-order valence-corrected chi connectivity index (χ0v) is 16.3. The van der Waals surface area contributed by atoms with Crippen molar-refractivity contribution < 1.29 is 19.1 Å². The molecule has 1 aliphatic heterocycles. The third-order valence-corrected chi connectivity index (χ3v) is 4.98. The van der Waals surface area contributed by atoms with Gasteiger partial charge in [-0.15, -0.1) is 12.4 Å². The maximum Gasteiger partial charge on any atom is 0.286 e. The largest absolute Gasteiger partial charge is 0.485 e. The van der Waals surface area contributed by atoms with E-state index in [-0.39, 0.29) is 35.9 Å². The molecule has 1 atom stereocenters. The van der Waals surface area contributed by atoms with Gasteiger partial charge in [-0.05, 0) is 42.2 Å². The van der Waals surface area contributed by atoms with Crippen molar-refractivity contribution in [1.82, 2.24) is 10.3 Å². The molecule has 1 fully saturated rings. The molecule has 142 valence electrons. The van der Waals surface area contributed by atoms with E-state index in [1.54, 1.807) is 24.4 Å². The Morgan fingerprint density at radius 1 is 1.15 bits per heavy atom. The van der Waals surface area contributed by atoms with Crippen LogP contribution in [0.25, 0.3) is 0 Å². The Bertz CT molecular complexity index is 825. The third kappa shape index (κ3) is 5.55. The normalized spacial score (nSPS) is 15.8. The average Bonchev–Trinajstić information content (AvgIpc) is 2.98. The van der Waals surface area contributed by atoms with Gasteiger partial charge in [-0.25, -0.2) is 0 Å². The van der Waals surface area contributed by atoms with Gasteiger partial charge in [-0.3, -0.25) is 24.7 Å². The van der Waals surface area contributed by atoms with E-state index in [9.17, 15) is 14.4 Å². The number of thioether (sulfide) groups is 1. The van der Waals surface area contributed by atoms with Gasteiger partial charge < -0.3 is 4.74 Å². The van der Waals surface area contributed by atoms with Crippen molar-refractivity contribution in [3.63, 3.8) is 0 Å². The second-order valence-electron chi connectivity index (χ2n) is 5.85. The van der Waals surface area contributed by atoms with Crippen molar-refractivity contribution in [2.75, 3.05) is 6.61 Å². The van der Waals surface area contributed by atoms with E-state index >= 15 is 0 Å². The molecule has 0 spiro atoms. The molecule has 6 nitrogen and oxygen atoms in total. The molecular weight excluding hydrogens is 388 g/mol. The van der Waals surface area contributed by atoms with E-state index in [0.717, 1.165) is 29.3 Å². The minimum absolute atomic E-state index is 0. The molecule has 0 saturated carbocycles. The average molecular weight is 407 g/mol. The monoisotopic (exact) mass is 406 g/mol. The van der Waals surface area contributed by atoms with Gasteiger partial charge in [0.1, 0.15) is 11.4 Å². The number of benzene rings is 1. The number of hydrogen-bond acceptors (Lipinski definition) is 6. The van der Waals surface area contributed by atoms with Crippen LogP contribution in [0.15, 0.2) is 42.6 Å². The van der Waals surface area contributed by atoms with Gasteiger partial charge in [0, 0.05) is 6.20 Å². The molecule has 1 aromatic carbocycles. The van der Waals surface area contributed by atoms with Crippen LogP contribution in [0.5, 0.6) is 5.75 Å². The van der Waals surface area contributed by atoms with Crippen LogP contribution in [0.3, 0.4) is 0 Å². The van der Waals surface area contributed by atoms with Gasteiger partial charge in [0.2, 0.25) is 11.7 Å². The number of pyridine rings is 1. The highest BCUT2D eigenvalue weighted by atomic mass is 35.5. The third-order valence-electron chi connectivity index (χ3n) is 4.00. The maximum absolute atomic E-state index is 12.1. The van der Waals surface area contributed by atoms with Gasteiger partial charge in [0.15, 0.2) is 6.61 Å². The first kappa shape index (κ1) is 20.9. The molecule has 27 heavy (non-hydrogen) atoms. The Kier molecular flexibility index (Phi) is 7.38. The number of ether oxygens (including phenoxy) is 1. The number of halogens is 1. The number of aryl methyl sites for hydroxylation is 1. The highest BCUT2D eigenvalue weighted by Gasteiger charge is 2.31. The van der Waals surface area contributed by atoms with Crippen LogP contribution in [0.1, 0.15) is 28.5 Å². The number of Topliss-reactive ketones (excluding diaryl/α,β-unsaturated/α-hetero) is 1. The fourth-order valence-corrected chi connectivity index (χ4v) is 3.34. The summed E-state index contributed by atoms with van der Waals surface area (Å²) in [6.07, 6.45) is 3.04. The molecule has 0 aliphatic carbocycles. The smallest absolute Gasteiger partial charge is 0.286 e. The number of ketones is 1. The van der Waals surface area contributed by atoms with Crippen LogP contribution in [0.2, 0.25) is 0 Å². The first-order chi connectivity index (χ1) is 12.5. The predicted molar refractivity (Wildman–Crippen MR) is 106 cm³/mol. The van der Waals surface area contributed by atoms with E-state index in [2.05, 4.69) is 10.3 Å². The number of aromatic nitrogens is 1. The number of rotatable bonds is 7. The van der Waals surface area contributed by atoms with Crippen LogP contribution in [-0.2, 0) is 17.6 Å². The molecule has 2 amide bonds. The maximum atomic E-state index is 12.1. The molecule has 0 radical (unpaired) electrons. The molecule has 0 bridgehead atoms. The van der Waals surface area contributed by atoms with E-state index in [4.69, 9.17) is 4.74 Å². The summed E-state index contributed by atoms with van der Waals surface area (Å²) in [7, 11) is 0. The van der Waals surface area contributed by atoms with E-state index in [1.807, 2.05) is 25.1 Å². The lowest BCUT2D eigenvalue weighted by molar-refractivity contribution is -0.118. The topological polar surface area (TPSA) is 85.4 Å². The molecule has 1 saturated heterocycles. The van der Waals surface area contributed by atoms with Crippen LogP contribution in [0, 0.1) is 0 Å². The Balaban J connectivity index is 0.00000261. The molecule has 3 rings (SSSR count). The molecule has 2 heterocycles. The summed E-state index contributed by atoms with van der Waals surface area (Å²) < 4.78 is 5.51. The Morgan fingerprint density at radius 2 is 1.85 bits per heavy atom. The van der Waals surface area contributed by atoms with Crippen LogP contribution in [0.4, 0.5) is 4.79 Å². The number of amides is 2. The first-order valence-corrected chi connectivity index (χ1v) is 9.14. The summed E-state index contributed by atoms with van der Waals surface area (Å²) >= 11 is 1.00. The van der Waals surface area contributed by atoms with Crippen molar-refractivity contribution in [2.45, 2.75) is 25.0 Å². The summed E-state index contributed by atoms with van der Waals surface area (Å²) in [5.74, 6) is 0.119. The zero-order valence-electron chi connectivity index (χ0n) is 14.6. The number of carbonyl (C=O) groups excluding carboxylic acids is 3. The molecule has 1 unspecified atom stereocenters. The highest BCUT2D eigenvalue weighted by molar-refractivity contribution is 8.15. The number of nitrogens with zero attached hydrogens (tertiary/aromatic N) is 1. The summed E-state index contributed by atoms with van der Waals surface area (Å²) in [5.41, 5.74) is 2.38. The lowest BCUT2D eigenvalue weighted by atomic mass is 10.1. The molecule has 1 aromatic heterocycles. The Morgan fingerprint density at radius 3 is 2.41 bits per heavy atom. The Hall–Kier alpha value is -2.38. The number of carbonyl (C=O) groups is 3. The van der Waals surface area contributed by atoms with Crippen LogP contribution in [-0.4, -0.2) is 33.8 Å². The second kappa shape index (κ2) is 9.53. The fraction of sp³-hybridized carbons (Fsp3) is 0.263. The van der Waals surface area contributed by atoms with Gasteiger partial charge in [-0.1, -0.05) is 36.9 Å². The quantitative estimate of drug-likeness (QED) is 0.710. The first-order valence-electron chi connectivity index (χ1n) is 8.26. The van der Waals surface area contributed by atoms with Gasteiger partial charge >= 0.3 is 0 Å². The molecule has 2 aromatic rings. The summed E-state index contributed by atoms with van der Waals surface area (Å²) in [6.45, 7) is 1.94. The molecule has 8 heteroatoms. The number of hydrogen-bond donors (Lipinski definition) is 1. The summed E-state index contributed by atoms with van der Waals surface area (Å²) in [6, 6.07) is 10.7. The van der Waals surface area contributed by atoms with E-state index in [1.165, 1.54) is 0 Å². The van der Waals surface area contributed by atoms with E-state index < -0.39 is 5.25 Å².